The summed E-state index contributed by atoms with van der Waals surface area (Å²) in [6.45, 7) is 1.52. The average Bonchev–Trinajstić information content (AvgIpc) is 2.97. The van der Waals surface area contributed by atoms with Crippen LogP contribution in [0.2, 0.25) is 5.02 Å². The van der Waals surface area contributed by atoms with Crippen LogP contribution in [0.25, 0.3) is 0 Å². The van der Waals surface area contributed by atoms with E-state index in [4.69, 9.17) is 11.6 Å². The van der Waals surface area contributed by atoms with Gasteiger partial charge in [-0.15, -0.1) is 0 Å². The summed E-state index contributed by atoms with van der Waals surface area (Å²) in [6.07, 6.45) is 3.25. The predicted octanol–water partition coefficient (Wildman–Crippen LogP) is 5.06. The second-order valence-corrected chi connectivity index (χ2v) is 7.27. The molecular formula is C21H21ClFNO2. The van der Waals surface area contributed by atoms with Crippen molar-refractivity contribution in [1.29, 1.82) is 0 Å². The third-order valence-corrected chi connectivity index (χ3v) is 5.10. The Kier molecular flexibility index (Phi) is 5.72. The first kappa shape index (κ1) is 18.6. The van der Waals surface area contributed by atoms with E-state index in [0.717, 1.165) is 24.0 Å². The summed E-state index contributed by atoms with van der Waals surface area (Å²) >= 11 is 6.20. The number of hydrogen-bond acceptors (Lipinski definition) is 2. The minimum Gasteiger partial charge on any atom is -0.325 e. The van der Waals surface area contributed by atoms with Crippen LogP contribution in [0.5, 0.6) is 0 Å². The standard InChI is InChI=1S/C21H21ClFNO2/c1-13(25)10-14-2-8-20(19(22)11-14)24-21(26)9-6-16-4-3-15-5-7-17(23)12-18(15)16/h2,5,7-8,11-12,16H,3-4,6,9-10H2,1H3,(H,24,26). The van der Waals surface area contributed by atoms with Crippen LogP contribution in [0, 0.1) is 5.82 Å². The van der Waals surface area contributed by atoms with Gasteiger partial charge in [-0.25, -0.2) is 4.39 Å². The van der Waals surface area contributed by atoms with Crippen molar-refractivity contribution in [2.45, 2.75) is 44.9 Å². The average molecular weight is 374 g/mol. The summed E-state index contributed by atoms with van der Waals surface area (Å²) in [5.74, 6) is -0.0559. The van der Waals surface area contributed by atoms with Gasteiger partial charge in [0, 0.05) is 12.8 Å². The summed E-state index contributed by atoms with van der Waals surface area (Å²) in [5.41, 5.74) is 3.58. The van der Waals surface area contributed by atoms with Gasteiger partial charge in [0.25, 0.3) is 0 Å². The lowest BCUT2D eigenvalue weighted by Gasteiger charge is -2.13. The van der Waals surface area contributed by atoms with E-state index < -0.39 is 0 Å². The van der Waals surface area contributed by atoms with Crippen molar-refractivity contribution in [2.24, 2.45) is 0 Å². The van der Waals surface area contributed by atoms with Gasteiger partial charge in [0.15, 0.2) is 0 Å². The number of aryl methyl sites for hydroxylation is 1. The highest BCUT2D eigenvalue weighted by Gasteiger charge is 2.23. The van der Waals surface area contributed by atoms with Crippen LogP contribution in [0.15, 0.2) is 36.4 Å². The molecule has 2 aromatic carbocycles. The van der Waals surface area contributed by atoms with Crippen LogP contribution in [-0.2, 0) is 22.4 Å². The molecule has 3 rings (SSSR count). The Bertz CT molecular complexity index is 850. The molecule has 0 spiro atoms. The van der Waals surface area contributed by atoms with Crippen LogP contribution in [0.1, 0.15) is 48.8 Å². The zero-order valence-corrected chi connectivity index (χ0v) is 15.4. The maximum atomic E-state index is 13.5. The minimum atomic E-state index is -0.225. The normalized spacial score (nSPS) is 15.6. The number of anilines is 1. The largest absolute Gasteiger partial charge is 0.325 e. The molecule has 1 unspecified atom stereocenters. The molecule has 0 aliphatic heterocycles. The summed E-state index contributed by atoms with van der Waals surface area (Å²) in [7, 11) is 0. The highest BCUT2D eigenvalue weighted by Crippen LogP contribution is 2.36. The Morgan fingerprint density at radius 1 is 1.23 bits per heavy atom. The van der Waals surface area contributed by atoms with E-state index >= 15 is 0 Å². The fourth-order valence-corrected chi connectivity index (χ4v) is 3.78. The molecule has 0 heterocycles. The van der Waals surface area contributed by atoms with Gasteiger partial charge in [0.1, 0.15) is 11.6 Å². The summed E-state index contributed by atoms with van der Waals surface area (Å²) in [4.78, 5) is 23.4. The first-order chi connectivity index (χ1) is 12.4. The fraction of sp³-hybridized carbons (Fsp3) is 0.333. The monoisotopic (exact) mass is 373 g/mol. The fourth-order valence-electron chi connectivity index (χ4n) is 3.53. The number of nitrogens with one attached hydrogen (secondary N) is 1. The quantitative estimate of drug-likeness (QED) is 0.769. The molecule has 0 saturated heterocycles. The van der Waals surface area contributed by atoms with Crippen molar-refractivity contribution in [1.82, 2.24) is 0 Å². The van der Waals surface area contributed by atoms with E-state index in [2.05, 4.69) is 5.32 Å². The lowest BCUT2D eigenvalue weighted by atomic mass is 9.96. The molecule has 136 valence electrons. The number of rotatable bonds is 6. The molecule has 1 aliphatic carbocycles. The second kappa shape index (κ2) is 8.00. The molecule has 0 aromatic heterocycles. The topological polar surface area (TPSA) is 46.2 Å². The molecule has 3 nitrogen and oxygen atoms in total. The number of amides is 1. The minimum absolute atomic E-state index is 0.0612. The van der Waals surface area contributed by atoms with E-state index in [-0.39, 0.29) is 23.4 Å². The molecule has 0 radical (unpaired) electrons. The Hall–Kier alpha value is -2.20. The first-order valence-electron chi connectivity index (χ1n) is 8.78. The second-order valence-electron chi connectivity index (χ2n) is 6.86. The summed E-state index contributed by atoms with van der Waals surface area (Å²) < 4.78 is 13.5. The van der Waals surface area contributed by atoms with Crippen LogP contribution in [0.3, 0.4) is 0 Å². The molecular weight excluding hydrogens is 353 g/mol. The molecule has 0 fully saturated rings. The van der Waals surface area contributed by atoms with Gasteiger partial charge in [-0.1, -0.05) is 23.7 Å². The number of hydrogen-bond donors (Lipinski definition) is 1. The van der Waals surface area contributed by atoms with Crippen molar-refractivity contribution in [2.75, 3.05) is 5.32 Å². The van der Waals surface area contributed by atoms with Gasteiger partial charge in [-0.05, 0) is 73.1 Å². The third-order valence-electron chi connectivity index (χ3n) is 4.79. The Labute approximate surface area is 157 Å². The molecule has 0 saturated carbocycles. The molecule has 1 aliphatic rings. The lowest BCUT2D eigenvalue weighted by Crippen LogP contribution is -2.13. The Morgan fingerprint density at radius 3 is 2.77 bits per heavy atom. The van der Waals surface area contributed by atoms with Crippen molar-refractivity contribution in [3.63, 3.8) is 0 Å². The van der Waals surface area contributed by atoms with Crippen LogP contribution in [0.4, 0.5) is 10.1 Å². The van der Waals surface area contributed by atoms with Gasteiger partial charge in [0.2, 0.25) is 5.91 Å². The number of Topliss-reactive ketones (excluding diaryl/α,β-unsaturated/α-hetero) is 1. The first-order valence-corrected chi connectivity index (χ1v) is 9.16. The lowest BCUT2D eigenvalue weighted by molar-refractivity contribution is -0.117. The van der Waals surface area contributed by atoms with E-state index in [9.17, 15) is 14.0 Å². The third kappa shape index (κ3) is 4.50. The SMILES string of the molecule is CC(=O)Cc1ccc(NC(=O)CCC2CCc3ccc(F)cc32)c(Cl)c1. The van der Waals surface area contributed by atoms with Crippen molar-refractivity contribution in [3.8, 4) is 0 Å². The number of fused-ring (bicyclic) bond motifs is 1. The number of halogens is 2. The zero-order valence-electron chi connectivity index (χ0n) is 14.6. The summed E-state index contributed by atoms with van der Waals surface area (Å²) in [6, 6.07) is 10.1. The highest BCUT2D eigenvalue weighted by molar-refractivity contribution is 6.33. The molecule has 1 N–H and O–H groups in total. The zero-order chi connectivity index (χ0) is 18.7. The van der Waals surface area contributed by atoms with E-state index in [1.807, 2.05) is 6.07 Å². The molecule has 0 bridgehead atoms. The number of benzene rings is 2. The van der Waals surface area contributed by atoms with Gasteiger partial charge in [-0.3, -0.25) is 9.59 Å². The van der Waals surface area contributed by atoms with Crippen LogP contribution >= 0.6 is 11.6 Å². The van der Waals surface area contributed by atoms with Gasteiger partial charge < -0.3 is 5.32 Å². The Morgan fingerprint density at radius 2 is 2.04 bits per heavy atom. The van der Waals surface area contributed by atoms with Crippen molar-refractivity contribution in [3.05, 3.63) is 63.9 Å². The molecule has 5 heteroatoms. The number of carbonyl (C=O) groups excluding carboxylic acids is 2. The molecule has 1 amide bonds. The summed E-state index contributed by atoms with van der Waals surface area (Å²) in [5, 5.41) is 3.24. The van der Waals surface area contributed by atoms with Crippen molar-refractivity contribution < 1.29 is 14.0 Å². The number of carbonyl (C=O) groups is 2. The van der Waals surface area contributed by atoms with Gasteiger partial charge >= 0.3 is 0 Å². The van der Waals surface area contributed by atoms with Gasteiger partial charge in [-0.2, -0.15) is 0 Å². The molecule has 2 aromatic rings. The molecule has 26 heavy (non-hydrogen) atoms. The Balaban J connectivity index is 1.57. The maximum absolute atomic E-state index is 13.5. The van der Waals surface area contributed by atoms with Crippen LogP contribution < -0.4 is 5.32 Å². The van der Waals surface area contributed by atoms with Crippen molar-refractivity contribution >= 4 is 29.0 Å². The van der Waals surface area contributed by atoms with Crippen LogP contribution in [-0.4, -0.2) is 11.7 Å². The van der Waals surface area contributed by atoms with E-state index in [1.165, 1.54) is 18.6 Å². The highest BCUT2D eigenvalue weighted by atomic mass is 35.5. The van der Waals surface area contributed by atoms with E-state index in [0.29, 0.717) is 30.0 Å². The smallest absolute Gasteiger partial charge is 0.224 e. The maximum Gasteiger partial charge on any atom is 0.224 e. The number of ketones is 1. The predicted molar refractivity (Wildman–Crippen MR) is 101 cm³/mol. The van der Waals surface area contributed by atoms with Gasteiger partial charge in [0.05, 0.1) is 10.7 Å². The van der Waals surface area contributed by atoms with E-state index in [1.54, 1.807) is 24.3 Å². The molecule has 1 atom stereocenters.